The summed E-state index contributed by atoms with van der Waals surface area (Å²) in [7, 11) is -3.39. The highest BCUT2D eigenvalue weighted by Gasteiger charge is 2.26. The van der Waals surface area contributed by atoms with Crippen LogP contribution in [0.25, 0.3) is 0 Å². The van der Waals surface area contributed by atoms with Gasteiger partial charge in [0.2, 0.25) is 15.9 Å². The van der Waals surface area contributed by atoms with E-state index in [9.17, 15) is 13.2 Å². The van der Waals surface area contributed by atoms with Crippen LogP contribution < -0.4 is 10.6 Å². The maximum Gasteiger partial charge on any atom is 0.243 e. The van der Waals surface area contributed by atoms with Crippen LogP contribution in [0.2, 0.25) is 0 Å². The van der Waals surface area contributed by atoms with Gasteiger partial charge in [-0.1, -0.05) is 18.6 Å². The van der Waals surface area contributed by atoms with Crippen molar-refractivity contribution in [2.24, 2.45) is 0 Å². The van der Waals surface area contributed by atoms with Gasteiger partial charge in [0.15, 0.2) is 0 Å². The van der Waals surface area contributed by atoms with Crippen LogP contribution >= 0.6 is 11.8 Å². The third kappa shape index (κ3) is 4.11. The lowest BCUT2D eigenvalue weighted by Gasteiger charge is -2.25. The Morgan fingerprint density at radius 3 is 2.54 bits per heavy atom. The van der Waals surface area contributed by atoms with Gasteiger partial charge in [0.25, 0.3) is 0 Å². The number of hydrogen-bond acceptors (Lipinski definition) is 5. The second kappa shape index (κ2) is 7.86. The standard InChI is InChI=1S/C16H23N3O3S2/c20-16(15-11-23-12-18-15)17-10-13-4-6-14(7-5-13)24(21,22)19-8-2-1-3-9-19/h4-7,15,18H,1-3,8-12H2,(H,17,20). The van der Waals surface area contributed by atoms with Gasteiger partial charge in [0, 0.05) is 31.3 Å². The Kier molecular flexibility index (Phi) is 5.80. The maximum atomic E-state index is 12.6. The summed E-state index contributed by atoms with van der Waals surface area (Å²) in [6.07, 6.45) is 2.95. The third-order valence-electron chi connectivity index (χ3n) is 4.38. The second-order valence-corrected chi connectivity index (χ2v) is 9.07. The lowest BCUT2D eigenvalue weighted by atomic mass is 10.2. The van der Waals surface area contributed by atoms with Crippen molar-refractivity contribution in [2.75, 3.05) is 24.7 Å². The van der Waals surface area contributed by atoms with Crippen LogP contribution in [-0.4, -0.2) is 49.4 Å². The van der Waals surface area contributed by atoms with E-state index in [0.717, 1.165) is 36.5 Å². The Labute approximate surface area is 147 Å². The fourth-order valence-electron chi connectivity index (χ4n) is 2.91. The van der Waals surface area contributed by atoms with E-state index in [0.29, 0.717) is 24.5 Å². The Bertz CT molecular complexity index is 664. The van der Waals surface area contributed by atoms with E-state index in [1.54, 1.807) is 40.3 Å². The molecule has 1 amide bonds. The van der Waals surface area contributed by atoms with Crippen molar-refractivity contribution in [2.45, 2.75) is 36.7 Å². The van der Waals surface area contributed by atoms with E-state index in [4.69, 9.17) is 0 Å². The minimum absolute atomic E-state index is 0.00925. The molecule has 2 N–H and O–H groups in total. The first kappa shape index (κ1) is 17.7. The Morgan fingerprint density at radius 1 is 1.21 bits per heavy atom. The normalized spacial score (nSPS) is 22.4. The van der Waals surface area contributed by atoms with E-state index < -0.39 is 10.0 Å². The zero-order valence-corrected chi connectivity index (χ0v) is 15.2. The highest BCUT2D eigenvalue weighted by Crippen LogP contribution is 2.20. The van der Waals surface area contributed by atoms with Crippen molar-refractivity contribution in [1.29, 1.82) is 0 Å². The van der Waals surface area contributed by atoms with Crippen LogP contribution in [0.15, 0.2) is 29.2 Å². The molecule has 0 saturated carbocycles. The molecular formula is C16H23N3O3S2. The lowest BCUT2D eigenvalue weighted by molar-refractivity contribution is -0.122. The average Bonchev–Trinajstić information content (AvgIpc) is 3.15. The molecule has 1 aromatic rings. The zero-order valence-electron chi connectivity index (χ0n) is 13.5. The van der Waals surface area contributed by atoms with Crippen molar-refractivity contribution < 1.29 is 13.2 Å². The fourth-order valence-corrected chi connectivity index (χ4v) is 5.37. The van der Waals surface area contributed by atoms with Crippen molar-refractivity contribution in [3.05, 3.63) is 29.8 Å². The van der Waals surface area contributed by atoms with Gasteiger partial charge in [-0.2, -0.15) is 4.31 Å². The maximum absolute atomic E-state index is 12.6. The molecule has 2 saturated heterocycles. The van der Waals surface area contributed by atoms with E-state index in [-0.39, 0.29) is 11.9 Å². The number of carbonyl (C=O) groups is 1. The first-order valence-electron chi connectivity index (χ1n) is 8.25. The molecule has 0 radical (unpaired) electrons. The summed E-state index contributed by atoms with van der Waals surface area (Å²) in [6.45, 7) is 1.62. The molecule has 24 heavy (non-hydrogen) atoms. The van der Waals surface area contributed by atoms with Crippen LogP contribution in [0.1, 0.15) is 24.8 Å². The van der Waals surface area contributed by atoms with Gasteiger partial charge < -0.3 is 5.32 Å². The highest BCUT2D eigenvalue weighted by atomic mass is 32.2. The minimum atomic E-state index is -3.39. The number of piperidine rings is 1. The van der Waals surface area contributed by atoms with Gasteiger partial charge in [0.05, 0.1) is 10.9 Å². The van der Waals surface area contributed by atoms with Gasteiger partial charge in [-0.05, 0) is 30.5 Å². The molecule has 3 rings (SSSR count). The van der Waals surface area contributed by atoms with Crippen LogP contribution in [-0.2, 0) is 21.4 Å². The molecule has 0 bridgehead atoms. The summed E-state index contributed by atoms with van der Waals surface area (Å²) in [6, 6.07) is 6.68. The number of benzene rings is 1. The Morgan fingerprint density at radius 2 is 1.92 bits per heavy atom. The summed E-state index contributed by atoms with van der Waals surface area (Å²) in [4.78, 5) is 12.3. The van der Waals surface area contributed by atoms with Gasteiger partial charge >= 0.3 is 0 Å². The Hall–Kier alpha value is -1.09. The van der Waals surface area contributed by atoms with Gasteiger partial charge in [-0.15, -0.1) is 11.8 Å². The largest absolute Gasteiger partial charge is 0.351 e. The molecule has 1 aromatic carbocycles. The van der Waals surface area contributed by atoms with Crippen molar-refractivity contribution in [1.82, 2.24) is 14.9 Å². The summed E-state index contributed by atoms with van der Waals surface area (Å²) >= 11 is 1.71. The predicted molar refractivity (Wildman–Crippen MR) is 95.1 cm³/mol. The van der Waals surface area contributed by atoms with Crippen LogP contribution in [0.5, 0.6) is 0 Å². The highest BCUT2D eigenvalue weighted by molar-refractivity contribution is 7.99. The molecule has 1 atom stereocenters. The molecule has 0 aliphatic carbocycles. The number of hydrogen-bond donors (Lipinski definition) is 2. The monoisotopic (exact) mass is 369 g/mol. The van der Waals surface area contributed by atoms with Crippen LogP contribution in [0, 0.1) is 0 Å². The van der Waals surface area contributed by atoms with Crippen LogP contribution in [0.3, 0.4) is 0 Å². The summed E-state index contributed by atoms with van der Waals surface area (Å²) in [5.41, 5.74) is 0.895. The second-order valence-electron chi connectivity index (χ2n) is 6.10. The smallest absolute Gasteiger partial charge is 0.243 e. The molecule has 8 heteroatoms. The number of nitrogens with zero attached hydrogens (tertiary/aromatic N) is 1. The van der Waals surface area contributed by atoms with Gasteiger partial charge in [-0.25, -0.2) is 8.42 Å². The summed E-state index contributed by atoms with van der Waals surface area (Å²) < 4.78 is 26.7. The molecule has 0 spiro atoms. The summed E-state index contributed by atoms with van der Waals surface area (Å²) in [5.74, 6) is 1.59. The number of carbonyl (C=O) groups excluding carboxylic acids is 1. The third-order valence-corrected chi connectivity index (χ3v) is 7.23. The zero-order chi connectivity index (χ0) is 17.0. The molecule has 1 unspecified atom stereocenters. The lowest BCUT2D eigenvalue weighted by Crippen LogP contribution is -2.41. The number of sulfonamides is 1. The van der Waals surface area contributed by atoms with Crippen molar-refractivity contribution >= 4 is 27.7 Å². The van der Waals surface area contributed by atoms with E-state index in [1.807, 2.05) is 0 Å². The number of amides is 1. The van der Waals surface area contributed by atoms with Gasteiger partial charge in [0.1, 0.15) is 0 Å². The average molecular weight is 370 g/mol. The van der Waals surface area contributed by atoms with E-state index in [2.05, 4.69) is 10.6 Å². The van der Waals surface area contributed by atoms with E-state index >= 15 is 0 Å². The van der Waals surface area contributed by atoms with Crippen LogP contribution in [0.4, 0.5) is 0 Å². The first-order chi connectivity index (χ1) is 11.6. The predicted octanol–water partition coefficient (Wildman–Crippen LogP) is 1.14. The molecule has 2 heterocycles. The molecule has 0 aromatic heterocycles. The summed E-state index contributed by atoms with van der Waals surface area (Å²) in [5, 5.41) is 6.01. The quantitative estimate of drug-likeness (QED) is 0.814. The van der Waals surface area contributed by atoms with Crippen molar-refractivity contribution in [3.63, 3.8) is 0 Å². The minimum Gasteiger partial charge on any atom is -0.351 e. The number of nitrogens with one attached hydrogen (secondary N) is 2. The topological polar surface area (TPSA) is 78.5 Å². The first-order valence-corrected chi connectivity index (χ1v) is 10.8. The Balaban J connectivity index is 1.59. The van der Waals surface area contributed by atoms with E-state index in [1.165, 1.54) is 0 Å². The molecule has 2 aliphatic rings. The molecule has 2 fully saturated rings. The number of thioether (sulfide) groups is 1. The SMILES string of the molecule is O=C(NCc1ccc(S(=O)(=O)N2CCCCC2)cc1)C1CSCN1. The number of rotatable bonds is 5. The van der Waals surface area contributed by atoms with Gasteiger partial charge in [-0.3, -0.25) is 10.1 Å². The van der Waals surface area contributed by atoms with Crippen molar-refractivity contribution in [3.8, 4) is 0 Å². The molecular weight excluding hydrogens is 346 g/mol. The molecule has 132 valence electrons. The molecule has 6 nitrogen and oxygen atoms in total. The molecule has 2 aliphatic heterocycles. The fraction of sp³-hybridized carbons (Fsp3) is 0.562.